The molecule has 1 N–H and O–H groups in total. The number of aromatic nitrogens is 2. The Labute approximate surface area is 183 Å². The smallest absolute Gasteiger partial charge is 0.343 e. The van der Waals surface area contributed by atoms with Crippen LogP contribution >= 0.6 is 0 Å². The molecule has 7 heteroatoms. The maximum absolute atomic E-state index is 12.4. The van der Waals surface area contributed by atoms with E-state index in [1.165, 1.54) is 6.07 Å². The highest BCUT2D eigenvalue weighted by molar-refractivity contribution is 5.98. The van der Waals surface area contributed by atoms with Crippen molar-refractivity contribution in [3.63, 3.8) is 0 Å². The van der Waals surface area contributed by atoms with Crippen molar-refractivity contribution in [1.29, 1.82) is 0 Å². The molecule has 4 nitrogen and oxygen atoms in total. The van der Waals surface area contributed by atoms with Gasteiger partial charge in [-0.2, -0.15) is 18.3 Å². The third-order valence-electron chi connectivity index (χ3n) is 5.32. The molecule has 0 fully saturated rings. The van der Waals surface area contributed by atoms with Crippen molar-refractivity contribution in [3.05, 3.63) is 83.6 Å². The number of fused-ring (bicyclic) bond motifs is 1. The van der Waals surface area contributed by atoms with Crippen LogP contribution in [0.1, 0.15) is 21.5 Å². The highest BCUT2D eigenvalue weighted by Gasteiger charge is 2.28. The number of halogens is 3. The van der Waals surface area contributed by atoms with Gasteiger partial charge in [-0.15, -0.1) is 5.10 Å². The Morgan fingerprint density at radius 3 is 2.44 bits per heavy atom. The molecule has 0 saturated heterocycles. The number of aryl methyl sites for hydroxylation is 2. The molecule has 4 rings (SSSR count). The standard InChI is InChI=1S/C25H20F3N3O/c1-15-5-3-4-6-20(15)23-21-10-9-17(11-19(21)13-30-31-23)22-12-18(8-7-16(22)2)24(32)29-14-25(26,27)28/h3-13H,14H2,1-2H3,(H,29,32). The first kappa shape index (κ1) is 21.5. The summed E-state index contributed by atoms with van der Waals surface area (Å²) in [6.45, 7) is 2.54. The second kappa shape index (κ2) is 8.42. The molecule has 0 aliphatic heterocycles. The van der Waals surface area contributed by atoms with Crippen LogP contribution in [0.2, 0.25) is 0 Å². The summed E-state index contributed by atoms with van der Waals surface area (Å²) in [4.78, 5) is 12.2. The van der Waals surface area contributed by atoms with E-state index in [2.05, 4.69) is 10.2 Å². The van der Waals surface area contributed by atoms with Crippen LogP contribution < -0.4 is 5.32 Å². The van der Waals surface area contributed by atoms with Crippen LogP contribution in [0.3, 0.4) is 0 Å². The van der Waals surface area contributed by atoms with Crippen molar-refractivity contribution in [3.8, 4) is 22.4 Å². The van der Waals surface area contributed by atoms with Gasteiger partial charge in [-0.1, -0.05) is 42.5 Å². The lowest BCUT2D eigenvalue weighted by atomic mass is 9.94. The monoisotopic (exact) mass is 435 g/mol. The number of carbonyl (C=O) groups is 1. The number of hydrogen-bond donors (Lipinski definition) is 1. The topological polar surface area (TPSA) is 54.9 Å². The highest BCUT2D eigenvalue weighted by atomic mass is 19.4. The fourth-order valence-corrected chi connectivity index (χ4v) is 3.65. The number of benzene rings is 3. The van der Waals surface area contributed by atoms with Gasteiger partial charge >= 0.3 is 6.18 Å². The number of nitrogens with one attached hydrogen (secondary N) is 1. The molecule has 0 saturated carbocycles. The predicted molar refractivity (Wildman–Crippen MR) is 118 cm³/mol. The number of alkyl halides is 3. The van der Waals surface area contributed by atoms with Crippen LogP contribution in [0.25, 0.3) is 33.2 Å². The van der Waals surface area contributed by atoms with E-state index in [-0.39, 0.29) is 5.56 Å². The molecule has 1 heterocycles. The lowest BCUT2D eigenvalue weighted by Gasteiger charge is -2.13. The Hall–Kier alpha value is -3.74. The molecule has 162 valence electrons. The van der Waals surface area contributed by atoms with Gasteiger partial charge in [0.05, 0.1) is 6.20 Å². The van der Waals surface area contributed by atoms with E-state index < -0.39 is 18.6 Å². The van der Waals surface area contributed by atoms with E-state index in [0.717, 1.165) is 44.3 Å². The van der Waals surface area contributed by atoms with Crippen LogP contribution in [-0.4, -0.2) is 28.8 Å². The van der Waals surface area contributed by atoms with Crippen LogP contribution in [0.5, 0.6) is 0 Å². The van der Waals surface area contributed by atoms with Gasteiger partial charge in [-0.3, -0.25) is 4.79 Å². The maximum atomic E-state index is 12.4. The Balaban J connectivity index is 1.73. The summed E-state index contributed by atoms with van der Waals surface area (Å²) < 4.78 is 37.3. The van der Waals surface area contributed by atoms with Crippen LogP contribution in [-0.2, 0) is 0 Å². The van der Waals surface area contributed by atoms with Crippen LogP contribution in [0.15, 0.2) is 66.9 Å². The lowest BCUT2D eigenvalue weighted by Crippen LogP contribution is -2.33. The number of carbonyl (C=O) groups excluding carboxylic acids is 1. The number of amides is 1. The molecule has 0 radical (unpaired) electrons. The van der Waals surface area contributed by atoms with Crippen molar-refractivity contribution in [2.75, 3.05) is 6.54 Å². The molecule has 0 atom stereocenters. The Bertz CT molecular complexity index is 1320. The summed E-state index contributed by atoms with van der Waals surface area (Å²) in [5.74, 6) is -0.767. The maximum Gasteiger partial charge on any atom is 0.405 e. The third kappa shape index (κ3) is 4.46. The van der Waals surface area contributed by atoms with Crippen molar-refractivity contribution < 1.29 is 18.0 Å². The SMILES string of the molecule is Cc1ccc(C(=O)NCC(F)(F)F)cc1-c1ccc2c(-c3ccccc3C)nncc2c1. The summed E-state index contributed by atoms with van der Waals surface area (Å²) in [5, 5.41) is 12.2. The Morgan fingerprint density at radius 1 is 0.938 bits per heavy atom. The van der Waals surface area contributed by atoms with Gasteiger partial charge in [-0.05, 0) is 54.3 Å². The summed E-state index contributed by atoms with van der Waals surface area (Å²) >= 11 is 0. The molecule has 0 bridgehead atoms. The summed E-state index contributed by atoms with van der Waals surface area (Å²) in [7, 11) is 0. The van der Waals surface area contributed by atoms with Gasteiger partial charge in [-0.25, -0.2) is 0 Å². The highest BCUT2D eigenvalue weighted by Crippen LogP contribution is 2.32. The van der Waals surface area contributed by atoms with E-state index in [0.29, 0.717) is 0 Å². The molecular formula is C25H20F3N3O. The Morgan fingerprint density at radius 2 is 1.69 bits per heavy atom. The minimum absolute atomic E-state index is 0.170. The summed E-state index contributed by atoms with van der Waals surface area (Å²) in [5.41, 5.74) is 5.54. The van der Waals surface area contributed by atoms with Crippen LogP contribution in [0.4, 0.5) is 13.2 Å². The van der Waals surface area contributed by atoms with Crippen molar-refractivity contribution in [2.24, 2.45) is 0 Å². The van der Waals surface area contributed by atoms with E-state index in [1.807, 2.05) is 61.6 Å². The average molecular weight is 435 g/mol. The third-order valence-corrected chi connectivity index (χ3v) is 5.32. The molecule has 1 aromatic heterocycles. The largest absolute Gasteiger partial charge is 0.405 e. The van der Waals surface area contributed by atoms with Gasteiger partial charge in [0.1, 0.15) is 12.2 Å². The fraction of sp³-hybridized carbons (Fsp3) is 0.160. The normalized spacial score (nSPS) is 11.5. The van der Waals surface area contributed by atoms with E-state index >= 15 is 0 Å². The predicted octanol–water partition coefficient (Wildman–Crippen LogP) is 5.87. The zero-order valence-electron chi connectivity index (χ0n) is 17.5. The Kier molecular flexibility index (Phi) is 5.65. The molecule has 0 spiro atoms. The van der Waals surface area contributed by atoms with Gasteiger partial charge in [0.25, 0.3) is 5.91 Å². The number of nitrogens with zero attached hydrogens (tertiary/aromatic N) is 2. The molecule has 0 aliphatic carbocycles. The van der Waals surface area contributed by atoms with Crippen molar-refractivity contribution in [2.45, 2.75) is 20.0 Å². The van der Waals surface area contributed by atoms with Gasteiger partial charge in [0, 0.05) is 21.9 Å². The molecular weight excluding hydrogens is 415 g/mol. The molecule has 0 unspecified atom stereocenters. The molecule has 1 amide bonds. The molecule has 32 heavy (non-hydrogen) atoms. The summed E-state index contributed by atoms with van der Waals surface area (Å²) in [6, 6.07) is 18.6. The van der Waals surface area contributed by atoms with Crippen LogP contribution in [0, 0.1) is 13.8 Å². The van der Waals surface area contributed by atoms with Crippen molar-refractivity contribution >= 4 is 16.7 Å². The van der Waals surface area contributed by atoms with E-state index in [1.54, 1.807) is 18.3 Å². The van der Waals surface area contributed by atoms with E-state index in [9.17, 15) is 18.0 Å². The first-order valence-corrected chi connectivity index (χ1v) is 10.0. The number of rotatable bonds is 4. The summed E-state index contributed by atoms with van der Waals surface area (Å²) in [6.07, 6.45) is -2.78. The molecule has 3 aromatic carbocycles. The second-order valence-electron chi connectivity index (χ2n) is 7.64. The first-order valence-electron chi connectivity index (χ1n) is 10.0. The molecule has 0 aliphatic rings. The minimum atomic E-state index is -4.46. The average Bonchev–Trinajstić information content (AvgIpc) is 2.77. The van der Waals surface area contributed by atoms with Gasteiger partial charge in [0.2, 0.25) is 0 Å². The lowest BCUT2D eigenvalue weighted by molar-refractivity contribution is -0.123. The van der Waals surface area contributed by atoms with Gasteiger partial charge < -0.3 is 5.32 Å². The quantitative estimate of drug-likeness (QED) is 0.436. The fourth-order valence-electron chi connectivity index (χ4n) is 3.65. The van der Waals surface area contributed by atoms with E-state index in [4.69, 9.17) is 0 Å². The second-order valence-corrected chi connectivity index (χ2v) is 7.64. The van der Waals surface area contributed by atoms with Crippen molar-refractivity contribution in [1.82, 2.24) is 15.5 Å². The zero-order valence-corrected chi connectivity index (χ0v) is 17.5. The number of hydrogen-bond acceptors (Lipinski definition) is 3. The zero-order chi connectivity index (χ0) is 22.9. The minimum Gasteiger partial charge on any atom is -0.343 e. The first-order chi connectivity index (χ1) is 15.2. The molecule has 4 aromatic rings. The van der Waals surface area contributed by atoms with Gasteiger partial charge in [0.15, 0.2) is 0 Å².